The molecule has 0 aliphatic carbocycles. The lowest BCUT2D eigenvalue weighted by Gasteiger charge is -2.34. The SMILES string of the molecule is CCOc1ccc(OC[C@H](O)CN2CCN(S(=O)(=O)c3ccc(OC)c(OC)c3)CC2)cc1. The van der Waals surface area contributed by atoms with E-state index >= 15 is 0 Å². The summed E-state index contributed by atoms with van der Waals surface area (Å²) in [4.78, 5) is 2.20. The van der Waals surface area contributed by atoms with E-state index in [1.165, 1.54) is 30.7 Å². The zero-order valence-electron chi connectivity index (χ0n) is 19.3. The molecule has 0 saturated carbocycles. The molecule has 1 atom stereocenters. The highest BCUT2D eigenvalue weighted by molar-refractivity contribution is 7.89. The maximum atomic E-state index is 13.0. The lowest BCUT2D eigenvalue weighted by Crippen LogP contribution is -2.50. The standard InChI is InChI=1S/C23H32N2O7S/c1-4-31-19-5-7-20(8-6-19)32-17-18(26)16-24-11-13-25(14-12-24)33(27,28)21-9-10-22(29-2)23(15-21)30-3/h5-10,15,18,26H,4,11-14,16-17H2,1-3H3/t18-/m1/s1. The minimum Gasteiger partial charge on any atom is -0.494 e. The van der Waals surface area contributed by atoms with Crippen LogP contribution in [0.15, 0.2) is 47.4 Å². The molecule has 33 heavy (non-hydrogen) atoms. The van der Waals surface area contributed by atoms with Gasteiger partial charge in [0.15, 0.2) is 11.5 Å². The van der Waals surface area contributed by atoms with Gasteiger partial charge in [-0.2, -0.15) is 4.31 Å². The summed E-state index contributed by atoms with van der Waals surface area (Å²) < 4.78 is 49.0. The van der Waals surface area contributed by atoms with Crippen molar-refractivity contribution in [2.75, 3.05) is 60.2 Å². The van der Waals surface area contributed by atoms with Crippen molar-refractivity contribution in [3.05, 3.63) is 42.5 Å². The van der Waals surface area contributed by atoms with Gasteiger partial charge in [0.2, 0.25) is 10.0 Å². The van der Waals surface area contributed by atoms with Gasteiger partial charge in [-0.25, -0.2) is 8.42 Å². The van der Waals surface area contributed by atoms with Gasteiger partial charge in [0.1, 0.15) is 24.2 Å². The highest BCUT2D eigenvalue weighted by atomic mass is 32.2. The van der Waals surface area contributed by atoms with E-state index in [9.17, 15) is 13.5 Å². The monoisotopic (exact) mass is 480 g/mol. The Morgan fingerprint density at radius 2 is 1.52 bits per heavy atom. The van der Waals surface area contributed by atoms with Gasteiger partial charge < -0.3 is 24.1 Å². The summed E-state index contributed by atoms with van der Waals surface area (Å²) in [5.41, 5.74) is 0. The number of hydrogen-bond acceptors (Lipinski definition) is 8. The molecular formula is C23H32N2O7S. The molecule has 1 saturated heterocycles. The number of methoxy groups -OCH3 is 2. The molecule has 1 aliphatic heterocycles. The number of β-amino-alcohol motifs (C(OH)–C–C–N with tert-alkyl or cyclic N) is 1. The molecule has 3 rings (SSSR count). The Kier molecular flexibility index (Phi) is 8.79. The summed E-state index contributed by atoms with van der Waals surface area (Å²) in [7, 11) is -0.679. The first-order chi connectivity index (χ1) is 15.9. The average Bonchev–Trinajstić information content (AvgIpc) is 2.83. The van der Waals surface area contributed by atoms with Gasteiger partial charge in [-0.1, -0.05) is 0 Å². The van der Waals surface area contributed by atoms with Crippen molar-refractivity contribution in [2.24, 2.45) is 0 Å². The van der Waals surface area contributed by atoms with Crippen LogP contribution in [0.2, 0.25) is 0 Å². The Bertz CT molecular complexity index is 990. The fourth-order valence-electron chi connectivity index (χ4n) is 3.62. The second-order valence-electron chi connectivity index (χ2n) is 7.59. The van der Waals surface area contributed by atoms with Crippen LogP contribution in [-0.4, -0.2) is 89.0 Å². The van der Waals surface area contributed by atoms with Crippen molar-refractivity contribution in [1.29, 1.82) is 0 Å². The van der Waals surface area contributed by atoms with Gasteiger partial charge in [0, 0.05) is 38.8 Å². The highest BCUT2D eigenvalue weighted by Gasteiger charge is 2.30. The van der Waals surface area contributed by atoms with Gasteiger partial charge in [0.05, 0.1) is 25.7 Å². The molecule has 0 amide bonds. The Morgan fingerprint density at radius 3 is 2.09 bits per heavy atom. The van der Waals surface area contributed by atoms with E-state index in [0.717, 1.165) is 5.75 Å². The number of nitrogens with zero attached hydrogens (tertiary/aromatic N) is 2. The fraction of sp³-hybridized carbons (Fsp3) is 0.478. The number of sulfonamides is 1. The molecule has 2 aromatic rings. The molecule has 1 N–H and O–H groups in total. The molecule has 1 heterocycles. The van der Waals surface area contributed by atoms with Crippen molar-refractivity contribution < 1.29 is 32.5 Å². The maximum Gasteiger partial charge on any atom is 0.243 e. The zero-order chi connectivity index (χ0) is 23.8. The summed E-state index contributed by atoms with van der Waals surface area (Å²) in [6, 6.07) is 11.8. The largest absolute Gasteiger partial charge is 0.494 e. The lowest BCUT2D eigenvalue weighted by atomic mass is 10.3. The first-order valence-electron chi connectivity index (χ1n) is 10.9. The summed E-state index contributed by atoms with van der Waals surface area (Å²) in [6.45, 7) is 4.79. The van der Waals surface area contributed by atoms with Crippen molar-refractivity contribution in [1.82, 2.24) is 9.21 Å². The van der Waals surface area contributed by atoms with Gasteiger partial charge in [-0.05, 0) is 43.3 Å². The third-order valence-electron chi connectivity index (χ3n) is 5.37. The van der Waals surface area contributed by atoms with Gasteiger partial charge >= 0.3 is 0 Å². The quantitative estimate of drug-likeness (QED) is 0.521. The van der Waals surface area contributed by atoms with Crippen molar-refractivity contribution in [3.63, 3.8) is 0 Å². The third-order valence-corrected chi connectivity index (χ3v) is 7.26. The molecule has 9 nitrogen and oxygen atoms in total. The fourth-order valence-corrected chi connectivity index (χ4v) is 5.06. The van der Waals surface area contributed by atoms with E-state index < -0.39 is 16.1 Å². The van der Waals surface area contributed by atoms with Crippen LogP contribution in [0.25, 0.3) is 0 Å². The van der Waals surface area contributed by atoms with Crippen LogP contribution < -0.4 is 18.9 Å². The predicted molar refractivity (Wildman–Crippen MR) is 124 cm³/mol. The van der Waals surface area contributed by atoms with Crippen LogP contribution >= 0.6 is 0 Å². The molecule has 10 heteroatoms. The molecule has 0 radical (unpaired) electrons. The topological polar surface area (TPSA) is 97.8 Å². The third kappa shape index (κ3) is 6.50. The highest BCUT2D eigenvalue weighted by Crippen LogP contribution is 2.31. The zero-order valence-corrected chi connectivity index (χ0v) is 20.1. The number of aliphatic hydroxyl groups is 1. The van der Waals surface area contributed by atoms with Gasteiger partial charge in [0.25, 0.3) is 0 Å². The van der Waals surface area contributed by atoms with Crippen LogP contribution in [0.3, 0.4) is 0 Å². The number of piperazine rings is 1. The summed E-state index contributed by atoms with van der Waals surface area (Å²) in [5.74, 6) is 2.27. The lowest BCUT2D eigenvalue weighted by molar-refractivity contribution is 0.0569. The molecule has 0 aromatic heterocycles. The van der Waals surface area contributed by atoms with E-state index in [1.54, 1.807) is 18.2 Å². The Balaban J connectivity index is 1.48. The first-order valence-corrected chi connectivity index (χ1v) is 12.3. The molecule has 0 bridgehead atoms. The number of benzene rings is 2. The molecule has 2 aromatic carbocycles. The van der Waals surface area contributed by atoms with E-state index in [4.69, 9.17) is 18.9 Å². The first kappa shape index (κ1) is 25.1. The smallest absolute Gasteiger partial charge is 0.243 e. The Hall–Kier alpha value is -2.53. The maximum absolute atomic E-state index is 13.0. The van der Waals surface area contributed by atoms with Crippen LogP contribution in [0.4, 0.5) is 0 Å². The number of aliphatic hydroxyl groups excluding tert-OH is 1. The summed E-state index contributed by atoms with van der Waals surface area (Å²) >= 11 is 0. The number of ether oxygens (including phenoxy) is 4. The molecular weight excluding hydrogens is 448 g/mol. The van der Waals surface area contributed by atoms with Crippen molar-refractivity contribution >= 4 is 10.0 Å². The minimum atomic E-state index is -3.65. The van der Waals surface area contributed by atoms with Crippen molar-refractivity contribution in [3.8, 4) is 23.0 Å². The van der Waals surface area contributed by atoms with E-state index in [1.807, 2.05) is 24.0 Å². The normalized spacial score (nSPS) is 16.2. The van der Waals surface area contributed by atoms with Crippen LogP contribution in [-0.2, 0) is 10.0 Å². The van der Waals surface area contributed by atoms with Gasteiger partial charge in [-0.3, -0.25) is 4.90 Å². The van der Waals surface area contributed by atoms with Crippen LogP contribution in [0.1, 0.15) is 6.92 Å². The molecule has 0 spiro atoms. The Morgan fingerprint density at radius 1 is 0.909 bits per heavy atom. The van der Waals surface area contributed by atoms with Crippen molar-refractivity contribution in [2.45, 2.75) is 17.9 Å². The molecule has 1 fully saturated rings. The predicted octanol–water partition coefficient (Wildman–Crippen LogP) is 1.85. The van der Waals surface area contributed by atoms with E-state index in [2.05, 4.69) is 0 Å². The average molecular weight is 481 g/mol. The minimum absolute atomic E-state index is 0.151. The number of hydrogen-bond donors (Lipinski definition) is 1. The molecule has 0 unspecified atom stereocenters. The van der Waals surface area contributed by atoms with Crippen LogP contribution in [0, 0.1) is 0 Å². The molecule has 182 valence electrons. The van der Waals surface area contributed by atoms with E-state index in [0.29, 0.717) is 56.6 Å². The Labute approximate surface area is 195 Å². The number of rotatable bonds is 11. The van der Waals surface area contributed by atoms with Gasteiger partial charge in [-0.15, -0.1) is 0 Å². The van der Waals surface area contributed by atoms with E-state index in [-0.39, 0.29) is 11.5 Å². The summed E-state index contributed by atoms with van der Waals surface area (Å²) in [6.07, 6.45) is -0.689. The van der Waals surface area contributed by atoms with Crippen LogP contribution in [0.5, 0.6) is 23.0 Å². The second-order valence-corrected chi connectivity index (χ2v) is 9.53. The molecule has 1 aliphatic rings. The summed E-state index contributed by atoms with van der Waals surface area (Å²) in [5, 5.41) is 10.4. The second kappa shape index (κ2) is 11.6.